The average Bonchev–Trinajstić information content (AvgIpc) is 2.67. The number of piperidine rings is 1. The van der Waals surface area contributed by atoms with Gasteiger partial charge >= 0.3 is 0 Å². The average molecular weight is 411 g/mol. The number of ether oxygens (including phenoxy) is 2. The molecule has 1 aromatic rings. The van der Waals surface area contributed by atoms with E-state index < -0.39 is 10.0 Å². The first kappa shape index (κ1) is 22.2. The van der Waals surface area contributed by atoms with Gasteiger partial charge < -0.3 is 14.8 Å². The van der Waals surface area contributed by atoms with Crippen molar-refractivity contribution in [1.29, 1.82) is 0 Å². The number of nitrogens with one attached hydrogen (secondary N) is 1. The topological polar surface area (TPSA) is 84.9 Å². The molecule has 0 atom stereocenters. The molecule has 1 heterocycles. The molecule has 0 saturated carbocycles. The van der Waals surface area contributed by atoms with E-state index in [0.29, 0.717) is 50.5 Å². The molecule has 0 aromatic heterocycles. The van der Waals surface area contributed by atoms with E-state index in [-0.39, 0.29) is 17.7 Å². The van der Waals surface area contributed by atoms with Crippen molar-refractivity contribution in [3.63, 3.8) is 0 Å². The Hall–Kier alpha value is -2.06. The number of sulfonamides is 1. The molecule has 7 nitrogen and oxygen atoms in total. The normalized spacial score (nSPS) is 16.2. The van der Waals surface area contributed by atoms with Gasteiger partial charge in [-0.3, -0.25) is 4.79 Å². The Bertz CT molecular complexity index is 784. The van der Waals surface area contributed by atoms with E-state index in [9.17, 15) is 13.2 Å². The van der Waals surface area contributed by atoms with Crippen molar-refractivity contribution in [2.75, 3.05) is 32.6 Å². The smallest absolute Gasteiger partial charge is 0.244 e. The lowest BCUT2D eigenvalue weighted by molar-refractivity contribution is -0.117. The lowest BCUT2D eigenvalue weighted by Gasteiger charge is -2.31. The summed E-state index contributed by atoms with van der Waals surface area (Å²) in [7, 11) is -1.58. The van der Waals surface area contributed by atoms with Crippen LogP contribution in [0.5, 0.6) is 11.5 Å². The lowest BCUT2D eigenvalue weighted by atomic mass is 10.1. The fourth-order valence-corrected chi connectivity index (χ4v) is 4.69. The van der Waals surface area contributed by atoms with Crippen molar-refractivity contribution in [1.82, 2.24) is 9.62 Å². The van der Waals surface area contributed by atoms with Crippen LogP contribution in [-0.4, -0.2) is 57.2 Å². The first-order valence-corrected chi connectivity index (χ1v) is 11.3. The number of carbonyl (C=O) groups excluding carboxylic acids is 1. The van der Waals surface area contributed by atoms with Crippen LogP contribution in [0.3, 0.4) is 0 Å². The second-order valence-corrected chi connectivity index (χ2v) is 8.76. The van der Waals surface area contributed by atoms with Crippen LogP contribution in [-0.2, 0) is 14.8 Å². The zero-order valence-electron chi connectivity index (χ0n) is 16.8. The molecule has 8 heteroatoms. The van der Waals surface area contributed by atoms with Crippen LogP contribution in [0.25, 0.3) is 6.08 Å². The van der Waals surface area contributed by atoms with Crippen molar-refractivity contribution in [2.45, 2.75) is 39.2 Å². The Morgan fingerprint density at radius 2 is 1.96 bits per heavy atom. The second kappa shape index (κ2) is 10.5. The van der Waals surface area contributed by atoms with Gasteiger partial charge in [-0.15, -0.1) is 0 Å². The third-order valence-corrected chi connectivity index (χ3v) is 6.65. The minimum absolute atomic E-state index is 0.0138. The molecule has 0 spiro atoms. The molecule has 0 unspecified atom stereocenters. The second-order valence-electron chi connectivity index (χ2n) is 6.67. The first-order valence-electron chi connectivity index (χ1n) is 9.66. The van der Waals surface area contributed by atoms with Gasteiger partial charge in [-0.25, -0.2) is 12.7 Å². The summed E-state index contributed by atoms with van der Waals surface area (Å²) in [5.74, 6) is 1.27. The van der Waals surface area contributed by atoms with Gasteiger partial charge in [0.25, 0.3) is 0 Å². The highest BCUT2D eigenvalue weighted by Crippen LogP contribution is 2.28. The van der Waals surface area contributed by atoms with Gasteiger partial charge in [0.05, 0.1) is 19.5 Å². The summed E-state index contributed by atoms with van der Waals surface area (Å²) < 4.78 is 36.5. The Labute approximate surface area is 167 Å². The van der Waals surface area contributed by atoms with E-state index in [1.165, 1.54) is 10.4 Å². The predicted octanol–water partition coefficient (Wildman–Crippen LogP) is 2.43. The molecule has 1 N–H and O–H groups in total. The Morgan fingerprint density at radius 3 is 2.57 bits per heavy atom. The number of methoxy groups -OCH3 is 1. The lowest BCUT2D eigenvalue weighted by Crippen LogP contribution is -2.46. The first-order chi connectivity index (χ1) is 13.4. The molecule has 1 amide bonds. The molecular formula is C20H30N2O5S. The molecule has 1 aliphatic rings. The monoisotopic (exact) mass is 410 g/mol. The SMILES string of the molecule is CCCS(=O)(=O)N1CCC(NC(=O)C=Cc2ccc(OC)c(OCC)c2)CC1. The maximum atomic E-state index is 12.2. The zero-order valence-corrected chi connectivity index (χ0v) is 17.6. The predicted molar refractivity (Wildman–Crippen MR) is 110 cm³/mol. The minimum atomic E-state index is -3.16. The van der Waals surface area contributed by atoms with Gasteiger partial charge in [0.15, 0.2) is 11.5 Å². The summed E-state index contributed by atoms with van der Waals surface area (Å²) in [6, 6.07) is 5.46. The van der Waals surface area contributed by atoms with Crippen molar-refractivity contribution in [2.24, 2.45) is 0 Å². The van der Waals surface area contributed by atoms with Gasteiger partial charge in [-0.2, -0.15) is 0 Å². The Morgan fingerprint density at radius 1 is 1.25 bits per heavy atom. The maximum Gasteiger partial charge on any atom is 0.244 e. The van der Waals surface area contributed by atoms with Crippen LogP contribution in [0, 0.1) is 0 Å². The molecule has 0 bridgehead atoms. The summed E-state index contributed by atoms with van der Waals surface area (Å²) in [6.45, 7) is 5.18. The van der Waals surface area contributed by atoms with E-state index in [1.807, 2.05) is 26.0 Å². The van der Waals surface area contributed by atoms with Gasteiger partial charge in [0.2, 0.25) is 15.9 Å². The quantitative estimate of drug-likeness (QED) is 0.632. The number of benzene rings is 1. The van der Waals surface area contributed by atoms with Crippen LogP contribution in [0.4, 0.5) is 0 Å². The van der Waals surface area contributed by atoms with Gasteiger partial charge in [0.1, 0.15) is 0 Å². The van der Waals surface area contributed by atoms with Crippen LogP contribution in [0.15, 0.2) is 24.3 Å². The molecule has 1 saturated heterocycles. The summed E-state index contributed by atoms with van der Waals surface area (Å²) in [4.78, 5) is 12.2. The number of amides is 1. The Balaban J connectivity index is 1.88. The molecule has 0 aliphatic carbocycles. The highest BCUT2D eigenvalue weighted by Gasteiger charge is 2.27. The highest BCUT2D eigenvalue weighted by molar-refractivity contribution is 7.89. The molecule has 1 aromatic carbocycles. The third kappa shape index (κ3) is 6.24. The van der Waals surface area contributed by atoms with Crippen molar-refractivity contribution in [3.8, 4) is 11.5 Å². The molecular weight excluding hydrogens is 380 g/mol. The van der Waals surface area contributed by atoms with Crippen LogP contribution in [0.2, 0.25) is 0 Å². The van der Waals surface area contributed by atoms with Gasteiger partial charge in [-0.05, 0) is 50.0 Å². The summed E-state index contributed by atoms with van der Waals surface area (Å²) in [6.07, 6.45) is 5.06. The van der Waals surface area contributed by atoms with Crippen LogP contribution >= 0.6 is 0 Å². The van der Waals surface area contributed by atoms with Crippen molar-refractivity contribution >= 4 is 22.0 Å². The van der Waals surface area contributed by atoms with Gasteiger partial charge in [-0.1, -0.05) is 13.0 Å². The third-order valence-electron chi connectivity index (χ3n) is 4.57. The Kier molecular flexibility index (Phi) is 8.32. The number of hydrogen-bond acceptors (Lipinski definition) is 5. The minimum Gasteiger partial charge on any atom is -0.493 e. The molecule has 156 valence electrons. The van der Waals surface area contributed by atoms with Crippen molar-refractivity contribution in [3.05, 3.63) is 29.8 Å². The highest BCUT2D eigenvalue weighted by atomic mass is 32.2. The van der Waals surface area contributed by atoms with Gasteiger partial charge in [0, 0.05) is 25.2 Å². The molecule has 1 fully saturated rings. The van der Waals surface area contributed by atoms with E-state index >= 15 is 0 Å². The van der Waals surface area contributed by atoms with E-state index in [1.54, 1.807) is 19.3 Å². The summed E-state index contributed by atoms with van der Waals surface area (Å²) in [5, 5.41) is 2.95. The van der Waals surface area contributed by atoms with E-state index in [4.69, 9.17) is 9.47 Å². The maximum absolute atomic E-state index is 12.2. The number of carbonyl (C=O) groups is 1. The number of rotatable bonds is 9. The largest absolute Gasteiger partial charge is 0.493 e. The number of hydrogen-bond donors (Lipinski definition) is 1. The molecule has 28 heavy (non-hydrogen) atoms. The fourth-order valence-electron chi connectivity index (χ4n) is 3.15. The summed E-state index contributed by atoms with van der Waals surface area (Å²) >= 11 is 0. The fraction of sp³-hybridized carbons (Fsp3) is 0.550. The molecule has 0 radical (unpaired) electrons. The van der Waals surface area contributed by atoms with Crippen molar-refractivity contribution < 1.29 is 22.7 Å². The van der Waals surface area contributed by atoms with Crippen LogP contribution in [0.1, 0.15) is 38.7 Å². The summed E-state index contributed by atoms with van der Waals surface area (Å²) in [5.41, 5.74) is 0.833. The molecule has 2 rings (SSSR count). The van der Waals surface area contributed by atoms with E-state index in [2.05, 4.69) is 5.32 Å². The van der Waals surface area contributed by atoms with E-state index in [0.717, 1.165) is 5.56 Å². The number of nitrogens with zero attached hydrogens (tertiary/aromatic N) is 1. The van der Waals surface area contributed by atoms with Crippen LogP contribution < -0.4 is 14.8 Å². The zero-order chi connectivity index (χ0) is 20.6. The standard InChI is InChI=1S/C20H30N2O5S/c1-4-14-28(24,25)22-12-10-17(11-13-22)21-20(23)9-7-16-6-8-18(26-3)19(15-16)27-5-2/h6-9,15,17H,4-5,10-14H2,1-3H3,(H,21,23). The molecule has 1 aliphatic heterocycles.